The summed E-state index contributed by atoms with van der Waals surface area (Å²) in [4.78, 5) is 24.6. The Hall–Kier alpha value is -1.57. The van der Waals surface area contributed by atoms with E-state index in [-0.39, 0.29) is 0 Å². The molecular weight excluding hydrogens is 325 g/mol. The highest BCUT2D eigenvalue weighted by Gasteiger charge is 2.17. The van der Waals surface area contributed by atoms with Crippen LogP contribution in [-0.2, 0) is 0 Å². The Morgan fingerprint density at radius 3 is 2.69 bits per heavy atom. The maximum Gasteiger partial charge on any atom is 0.345 e. The Morgan fingerprint density at radius 1 is 1.38 bits per heavy atom. The van der Waals surface area contributed by atoms with Crippen LogP contribution in [0, 0.1) is 3.57 Å². The number of hydrogen-bond acceptors (Lipinski definition) is 3. The summed E-state index contributed by atoms with van der Waals surface area (Å²) in [6.45, 7) is 0. The van der Waals surface area contributed by atoms with Gasteiger partial charge in [-0.2, -0.15) is 0 Å². The number of nitrogens with one attached hydrogen (secondary N) is 1. The molecule has 0 aliphatic carbocycles. The van der Waals surface area contributed by atoms with Crippen molar-refractivity contribution in [1.29, 1.82) is 0 Å². The Kier molecular flexibility index (Phi) is 2.58. The van der Waals surface area contributed by atoms with Gasteiger partial charge in [0.25, 0.3) is 5.56 Å². The molecule has 1 heterocycles. The van der Waals surface area contributed by atoms with Crippen LogP contribution in [0.15, 0.2) is 23.0 Å². The van der Waals surface area contributed by atoms with E-state index in [0.717, 1.165) is 3.57 Å². The molecule has 2 rings (SSSR count). The van der Waals surface area contributed by atoms with E-state index in [1.54, 1.807) is 18.2 Å². The van der Waals surface area contributed by atoms with Crippen molar-refractivity contribution in [2.75, 3.05) is 0 Å². The first-order chi connectivity index (χ1) is 7.50. The number of H-pyrrole nitrogens is 1. The molecule has 0 spiro atoms. The van der Waals surface area contributed by atoms with Gasteiger partial charge in [-0.1, -0.05) is 0 Å². The lowest BCUT2D eigenvalue weighted by Crippen LogP contribution is -2.17. The molecule has 1 aromatic heterocycles. The third-order valence-corrected chi connectivity index (χ3v) is 2.83. The Labute approximate surface area is 103 Å². The van der Waals surface area contributed by atoms with Crippen LogP contribution in [0.2, 0.25) is 0 Å². The average Bonchev–Trinajstić information content (AvgIpc) is 2.19. The quantitative estimate of drug-likeness (QED) is 0.692. The van der Waals surface area contributed by atoms with Gasteiger partial charge in [-0.3, -0.25) is 4.79 Å². The second kappa shape index (κ2) is 3.78. The van der Waals surface area contributed by atoms with Gasteiger partial charge in [0.05, 0.1) is 5.52 Å². The molecule has 0 aliphatic heterocycles. The topological polar surface area (TPSA) is 90.4 Å². The van der Waals surface area contributed by atoms with Crippen molar-refractivity contribution < 1.29 is 15.0 Å². The molecular formula is C10H6INO4. The Bertz CT molecular complexity index is 647. The van der Waals surface area contributed by atoms with Gasteiger partial charge >= 0.3 is 5.97 Å². The van der Waals surface area contributed by atoms with E-state index in [1.165, 1.54) is 0 Å². The lowest BCUT2D eigenvalue weighted by atomic mass is 10.1. The van der Waals surface area contributed by atoms with Crippen LogP contribution < -0.4 is 5.56 Å². The first-order valence-corrected chi connectivity index (χ1v) is 5.36. The number of halogens is 1. The zero-order chi connectivity index (χ0) is 11.9. The molecule has 16 heavy (non-hydrogen) atoms. The molecule has 6 heteroatoms. The molecule has 0 unspecified atom stereocenters. The second-order valence-corrected chi connectivity index (χ2v) is 4.42. The number of carboxylic acid groups (broad SMARTS) is 1. The molecule has 5 nitrogen and oxygen atoms in total. The van der Waals surface area contributed by atoms with Gasteiger partial charge in [0.1, 0.15) is 5.75 Å². The lowest BCUT2D eigenvalue weighted by molar-refractivity contribution is 0.0692. The maximum atomic E-state index is 11.4. The molecule has 0 saturated heterocycles. The summed E-state index contributed by atoms with van der Waals surface area (Å²) in [6, 6.07) is 4.97. The first-order valence-electron chi connectivity index (χ1n) is 4.28. The highest BCUT2D eigenvalue weighted by Crippen LogP contribution is 2.26. The predicted molar refractivity (Wildman–Crippen MR) is 65.9 cm³/mol. The number of aromatic amines is 1. The average molecular weight is 331 g/mol. The van der Waals surface area contributed by atoms with E-state index in [9.17, 15) is 14.7 Å². The summed E-state index contributed by atoms with van der Waals surface area (Å²) in [7, 11) is 0. The smallest absolute Gasteiger partial charge is 0.345 e. The number of benzene rings is 1. The molecule has 0 aliphatic rings. The number of carboxylic acids is 1. The molecule has 82 valence electrons. The van der Waals surface area contributed by atoms with Crippen LogP contribution in [0.5, 0.6) is 5.75 Å². The SMILES string of the molecule is O=C(O)c1c(O)c2cc(I)ccc2[nH]c1=O. The second-order valence-electron chi connectivity index (χ2n) is 3.17. The number of rotatable bonds is 1. The van der Waals surface area contributed by atoms with Gasteiger partial charge in [0.15, 0.2) is 5.56 Å². The van der Waals surface area contributed by atoms with Crippen LogP contribution in [0.25, 0.3) is 10.9 Å². The fraction of sp³-hybridized carbons (Fsp3) is 0. The normalized spacial score (nSPS) is 10.6. The number of aromatic carboxylic acids is 1. The van der Waals surface area contributed by atoms with E-state index >= 15 is 0 Å². The van der Waals surface area contributed by atoms with E-state index in [0.29, 0.717) is 10.9 Å². The van der Waals surface area contributed by atoms with Gasteiger partial charge < -0.3 is 15.2 Å². The lowest BCUT2D eigenvalue weighted by Gasteiger charge is -2.04. The third kappa shape index (κ3) is 1.64. The minimum atomic E-state index is -1.44. The molecule has 0 fully saturated rings. The maximum absolute atomic E-state index is 11.4. The molecule has 2 aromatic rings. The summed E-state index contributed by atoms with van der Waals surface area (Å²) in [5.74, 6) is -1.94. The monoisotopic (exact) mass is 331 g/mol. The molecule has 0 radical (unpaired) electrons. The zero-order valence-electron chi connectivity index (χ0n) is 7.82. The van der Waals surface area contributed by atoms with Crippen molar-refractivity contribution in [2.45, 2.75) is 0 Å². The standard InChI is InChI=1S/C10H6INO4/c11-4-1-2-6-5(3-4)8(13)7(10(15)16)9(14)12-6/h1-3H,(H,15,16)(H2,12,13,14). The van der Waals surface area contributed by atoms with Gasteiger partial charge in [-0.25, -0.2) is 4.79 Å². The highest BCUT2D eigenvalue weighted by molar-refractivity contribution is 14.1. The van der Waals surface area contributed by atoms with Crippen molar-refractivity contribution in [3.8, 4) is 5.75 Å². The fourth-order valence-electron chi connectivity index (χ4n) is 1.45. The predicted octanol–water partition coefficient (Wildman–Crippen LogP) is 1.54. The Morgan fingerprint density at radius 2 is 2.06 bits per heavy atom. The van der Waals surface area contributed by atoms with Crippen molar-refractivity contribution in [3.63, 3.8) is 0 Å². The number of aromatic nitrogens is 1. The van der Waals surface area contributed by atoms with Crippen LogP contribution in [0.4, 0.5) is 0 Å². The van der Waals surface area contributed by atoms with E-state index in [1.807, 2.05) is 22.6 Å². The highest BCUT2D eigenvalue weighted by atomic mass is 127. The van der Waals surface area contributed by atoms with Crippen LogP contribution >= 0.6 is 22.6 Å². The molecule has 0 saturated carbocycles. The van der Waals surface area contributed by atoms with Gasteiger partial charge in [0, 0.05) is 8.96 Å². The van der Waals surface area contributed by atoms with Gasteiger partial charge in [-0.15, -0.1) is 0 Å². The number of aromatic hydroxyl groups is 1. The molecule has 0 amide bonds. The Balaban J connectivity index is 2.96. The summed E-state index contributed by atoms with van der Waals surface area (Å²) in [6.07, 6.45) is 0. The van der Waals surface area contributed by atoms with Crippen LogP contribution in [0.3, 0.4) is 0 Å². The van der Waals surface area contributed by atoms with Gasteiger partial charge in [-0.05, 0) is 40.8 Å². The summed E-state index contributed by atoms with van der Waals surface area (Å²) < 4.78 is 0.837. The largest absolute Gasteiger partial charge is 0.506 e. The number of pyridine rings is 1. The van der Waals surface area contributed by atoms with Crippen molar-refractivity contribution >= 4 is 39.5 Å². The summed E-state index contributed by atoms with van der Waals surface area (Å²) >= 11 is 2.03. The molecule has 1 aromatic carbocycles. The number of carbonyl (C=O) groups is 1. The fourth-order valence-corrected chi connectivity index (χ4v) is 1.94. The minimum Gasteiger partial charge on any atom is -0.506 e. The van der Waals surface area contributed by atoms with Crippen LogP contribution in [-0.4, -0.2) is 21.2 Å². The van der Waals surface area contributed by atoms with Crippen molar-refractivity contribution in [3.05, 3.63) is 37.7 Å². The number of fused-ring (bicyclic) bond motifs is 1. The molecule has 0 bridgehead atoms. The zero-order valence-corrected chi connectivity index (χ0v) is 9.98. The summed E-state index contributed by atoms with van der Waals surface area (Å²) in [5, 5.41) is 18.8. The van der Waals surface area contributed by atoms with Crippen molar-refractivity contribution in [2.24, 2.45) is 0 Å². The van der Waals surface area contributed by atoms with E-state index in [2.05, 4.69) is 4.98 Å². The third-order valence-electron chi connectivity index (χ3n) is 2.16. The number of hydrogen-bond donors (Lipinski definition) is 3. The minimum absolute atomic E-state index is 0.323. The van der Waals surface area contributed by atoms with E-state index < -0.39 is 22.8 Å². The van der Waals surface area contributed by atoms with Gasteiger partial charge in [0.2, 0.25) is 0 Å². The molecule has 3 N–H and O–H groups in total. The van der Waals surface area contributed by atoms with E-state index in [4.69, 9.17) is 5.11 Å². The van der Waals surface area contributed by atoms with Crippen molar-refractivity contribution in [1.82, 2.24) is 4.98 Å². The first kappa shape index (κ1) is 10.9. The summed E-state index contributed by atoms with van der Waals surface area (Å²) in [5.41, 5.74) is -1.03. The molecule has 0 atom stereocenters. The van der Waals surface area contributed by atoms with Crippen LogP contribution in [0.1, 0.15) is 10.4 Å².